The number of hydrogen-bond donors (Lipinski definition) is 1. The highest BCUT2D eigenvalue weighted by atomic mass is 16.5. The Morgan fingerprint density at radius 1 is 1.29 bits per heavy atom. The third-order valence-electron chi connectivity index (χ3n) is 3.71. The van der Waals surface area contributed by atoms with E-state index in [0.29, 0.717) is 12.3 Å². The first kappa shape index (κ1) is 15.5. The van der Waals surface area contributed by atoms with Crippen LogP contribution in [-0.2, 0) is 19.8 Å². The molecule has 0 spiro atoms. The molecule has 0 aliphatic carbocycles. The van der Waals surface area contributed by atoms with Crippen LogP contribution in [0.25, 0.3) is 0 Å². The number of aliphatic hydroxyl groups excluding tert-OH is 1. The van der Waals surface area contributed by atoms with Crippen LogP contribution in [0.2, 0.25) is 0 Å². The van der Waals surface area contributed by atoms with Crippen LogP contribution in [0.15, 0.2) is 18.2 Å². The van der Waals surface area contributed by atoms with E-state index in [-0.39, 0.29) is 6.61 Å². The van der Waals surface area contributed by atoms with Gasteiger partial charge in [-0.25, -0.2) is 4.68 Å². The van der Waals surface area contributed by atoms with E-state index in [9.17, 15) is 5.11 Å². The van der Waals surface area contributed by atoms with E-state index in [1.54, 1.807) is 0 Å². The van der Waals surface area contributed by atoms with Crippen LogP contribution >= 0.6 is 0 Å². The second-order valence-electron chi connectivity index (χ2n) is 5.20. The molecule has 0 fully saturated rings. The summed E-state index contributed by atoms with van der Waals surface area (Å²) in [6, 6.07) is 6.01. The summed E-state index contributed by atoms with van der Waals surface area (Å²) in [7, 11) is 0. The smallest absolute Gasteiger partial charge is 0.132 e. The molecule has 0 bridgehead atoms. The van der Waals surface area contributed by atoms with E-state index in [2.05, 4.69) is 30.2 Å². The Bertz CT molecular complexity index is 593. The molecule has 2 aromatic rings. The highest BCUT2D eigenvalue weighted by molar-refractivity contribution is 5.38. The molecule has 0 aliphatic rings. The molecule has 0 radical (unpaired) electrons. The molecule has 2 rings (SSSR count). The summed E-state index contributed by atoms with van der Waals surface area (Å²) < 4.78 is 7.75. The fourth-order valence-corrected chi connectivity index (χ4v) is 2.16. The summed E-state index contributed by atoms with van der Waals surface area (Å²) in [6.07, 6.45) is 2.12. The molecular weight excluding hydrogens is 266 g/mol. The van der Waals surface area contributed by atoms with Gasteiger partial charge in [0.2, 0.25) is 0 Å². The Balaban J connectivity index is 2.14. The Kier molecular flexibility index (Phi) is 5.33. The van der Waals surface area contributed by atoms with E-state index in [1.807, 2.05) is 23.7 Å². The molecule has 0 aliphatic heterocycles. The quantitative estimate of drug-likeness (QED) is 0.851. The van der Waals surface area contributed by atoms with Crippen molar-refractivity contribution in [3.05, 3.63) is 40.7 Å². The van der Waals surface area contributed by atoms with Crippen LogP contribution in [0.4, 0.5) is 0 Å². The van der Waals surface area contributed by atoms with E-state index in [4.69, 9.17) is 4.74 Å². The highest BCUT2D eigenvalue weighted by Gasteiger charge is 2.13. The minimum absolute atomic E-state index is 0.113. The maximum absolute atomic E-state index is 9.38. The molecule has 5 heteroatoms. The molecule has 1 heterocycles. The van der Waals surface area contributed by atoms with E-state index < -0.39 is 0 Å². The van der Waals surface area contributed by atoms with E-state index in [0.717, 1.165) is 36.4 Å². The number of hydrogen-bond acceptors (Lipinski definition) is 4. The van der Waals surface area contributed by atoms with Crippen molar-refractivity contribution in [1.29, 1.82) is 0 Å². The molecule has 1 aromatic carbocycles. The number of benzene rings is 1. The van der Waals surface area contributed by atoms with Crippen LogP contribution in [0.5, 0.6) is 5.75 Å². The van der Waals surface area contributed by atoms with Crippen molar-refractivity contribution < 1.29 is 9.84 Å². The highest BCUT2D eigenvalue weighted by Crippen LogP contribution is 2.22. The molecule has 5 nitrogen and oxygen atoms in total. The zero-order valence-corrected chi connectivity index (χ0v) is 13.0. The summed E-state index contributed by atoms with van der Waals surface area (Å²) in [5.41, 5.74) is 3.78. The topological polar surface area (TPSA) is 60.2 Å². The molecule has 0 unspecified atom stereocenters. The van der Waals surface area contributed by atoms with Crippen LogP contribution < -0.4 is 4.74 Å². The minimum Gasteiger partial charge on any atom is -0.487 e. The molecule has 0 atom stereocenters. The van der Waals surface area contributed by atoms with Gasteiger partial charge in [-0.3, -0.25) is 0 Å². The van der Waals surface area contributed by atoms with Gasteiger partial charge in [-0.05, 0) is 37.5 Å². The Hall–Kier alpha value is -1.88. The molecule has 0 saturated carbocycles. The van der Waals surface area contributed by atoms with Gasteiger partial charge < -0.3 is 9.84 Å². The number of nitrogens with zero attached hydrogens (tertiary/aromatic N) is 3. The van der Waals surface area contributed by atoms with Crippen molar-refractivity contribution in [2.75, 3.05) is 0 Å². The lowest BCUT2D eigenvalue weighted by Gasteiger charge is -2.12. The van der Waals surface area contributed by atoms with Gasteiger partial charge in [-0.1, -0.05) is 30.7 Å². The molecular formula is C16H23N3O2. The Labute approximate surface area is 125 Å². The van der Waals surface area contributed by atoms with Gasteiger partial charge in [0.1, 0.15) is 23.7 Å². The maximum Gasteiger partial charge on any atom is 0.132 e. The first-order chi connectivity index (χ1) is 10.2. The molecule has 0 amide bonds. The first-order valence-electron chi connectivity index (χ1n) is 7.38. The van der Waals surface area contributed by atoms with Crippen molar-refractivity contribution in [2.24, 2.45) is 0 Å². The standard InChI is InChI=1S/C16H23N3O2/c1-4-5-9-19-15(14(10-20)17-18-19)11-21-16-8-6-7-12(2)13(16)3/h6-8,20H,4-5,9-11H2,1-3H3. The predicted molar refractivity (Wildman–Crippen MR) is 81.1 cm³/mol. The van der Waals surface area contributed by atoms with Crippen LogP contribution in [0, 0.1) is 13.8 Å². The van der Waals surface area contributed by atoms with Crippen molar-refractivity contribution in [3.63, 3.8) is 0 Å². The largest absolute Gasteiger partial charge is 0.487 e. The second kappa shape index (κ2) is 7.22. The summed E-state index contributed by atoms with van der Waals surface area (Å²) in [4.78, 5) is 0. The summed E-state index contributed by atoms with van der Waals surface area (Å²) in [6.45, 7) is 7.30. The van der Waals surface area contributed by atoms with Crippen molar-refractivity contribution in [3.8, 4) is 5.75 Å². The zero-order valence-electron chi connectivity index (χ0n) is 13.0. The normalized spacial score (nSPS) is 10.9. The van der Waals surface area contributed by atoms with E-state index in [1.165, 1.54) is 5.56 Å². The summed E-state index contributed by atoms with van der Waals surface area (Å²) in [5.74, 6) is 0.863. The van der Waals surface area contributed by atoms with Gasteiger partial charge in [0, 0.05) is 6.54 Å². The molecule has 0 saturated heterocycles. The third-order valence-corrected chi connectivity index (χ3v) is 3.71. The Morgan fingerprint density at radius 3 is 2.81 bits per heavy atom. The molecule has 114 valence electrons. The number of ether oxygens (including phenoxy) is 1. The van der Waals surface area contributed by atoms with Gasteiger partial charge in [0.25, 0.3) is 0 Å². The zero-order chi connectivity index (χ0) is 15.2. The average Bonchev–Trinajstić information content (AvgIpc) is 2.88. The fourth-order valence-electron chi connectivity index (χ4n) is 2.16. The predicted octanol–water partition coefficient (Wildman–Crippen LogP) is 2.77. The van der Waals surface area contributed by atoms with Gasteiger partial charge >= 0.3 is 0 Å². The monoisotopic (exact) mass is 289 g/mol. The van der Waals surface area contributed by atoms with E-state index >= 15 is 0 Å². The number of aromatic nitrogens is 3. The summed E-state index contributed by atoms with van der Waals surface area (Å²) >= 11 is 0. The second-order valence-corrected chi connectivity index (χ2v) is 5.20. The molecule has 21 heavy (non-hydrogen) atoms. The lowest BCUT2D eigenvalue weighted by molar-refractivity contribution is 0.260. The number of aryl methyl sites for hydroxylation is 2. The van der Waals surface area contributed by atoms with Gasteiger partial charge in [-0.15, -0.1) is 5.10 Å². The Morgan fingerprint density at radius 2 is 2.10 bits per heavy atom. The maximum atomic E-state index is 9.38. The number of rotatable bonds is 7. The minimum atomic E-state index is -0.113. The van der Waals surface area contributed by atoms with Gasteiger partial charge in [-0.2, -0.15) is 0 Å². The number of unbranched alkanes of at least 4 members (excludes halogenated alkanes) is 1. The van der Waals surface area contributed by atoms with Crippen molar-refractivity contribution >= 4 is 0 Å². The van der Waals surface area contributed by atoms with Crippen LogP contribution in [-0.4, -0.2) is 20.1 Å². The van der Waals surface area contributed by atoms with Crippen LogP contribution in [0.3, 0.4) is 0 Å². The first-order valence-corrected chi connectivity index (χ1v) is 7.38. The van der Waals surface area contributed by atoms with Gasteiger partial charge in [0.05, 0.1) is 6.61 Å². The molecule has 1 aromatic heterocycles. The summed E-state index contributed by atoms with van der Waals surface area (Å²) in [5, 5.41) is 17.5. The molecule has 1 N–H and O–H groups in total. The SMILES string of the molecule is CCCCn1nnc(CO)c1COc1cccc(C)c1C. The van der Waals surface area contributed by atoms with Crippen LogP contribution in [0.1, 0.15) is 42.3 Å². The lowest BCUT2D eigenvalue weighted by Crippen LogP contribution is -2.10. The third kappa shape index (κ3) is 3.61. The lowest BCUT2D eigenvalue weighted by atomic mass is 10.1. The average molecular weight is 289 g/mol. The fraction of sp³-hybridized carbons (Fsp3) is 0.500. The van der Waals surface area contributed by atoms with Gasteiger partial charge in [0.15, 0.2) is 0 Å². The number of aliphatic hydroxyl groups is 1. The van der Waals surface area contributed by atoms with Crippen molar-refractivity contribution in [1.82, 2.24) is 15.0 Å². The van der Waals surface area contributed by atoms with Crippen molar-refractivity contribution in [2.45, 2.75) is 53.4 Å².